The average molecular weight is 505 g/mol. The molecular formula is C28H28N2O5S. The van der Waals surface area contributed by atoms with Crippen LogP contribution in [0.15, 0.2) is 82.2 Å². The third-order valence-electron chi connectivity index (χ3n) is 5.59. The first kappa shape index (κ1) is 25.2. The molecule has 1 aliphatic rings. The van der Waals surface area contributed by atoms with Crippen LogP contribution in [0.2, 0.25) is 0 Å². The molecule has 3 aromatic rings. The molecule has 0 N–H and O–H groups in total. The number of allylic oxidation sites excluding steroid dienone is 1. The van der Waals surface area contributed by atoms with Crippen LogP contribution in [0, 0.1) is 0 Å². The maximum Gasteiger partial charge on any atom is 0.338 e. The number of carbonyl (C=O) groups excluding carboxylic acids is 1. The van der Waals surface area contributed by atoms with Crippen molar-refractivity contribution in [1.29, 1.82) is 0 Å². The van der Waals surface area contributed by atoms with Gasteiger partial charge in [0.05, 0.1) is 29.0 Å². The highest BCUT2D eigenvalue weighted by atomic mass is 32.1. The molecule has 0 spiro atoms. The minimum atomic E-state index is -0.738. The van der Waals surface area contributed by atoms with Crippen molar-refractivity contribution in [3.63, 3.8) is 0 Å². The lowest BCUT2D eigenvalue weighted by Gasteiger charge is -2.26. The van der Waals surface area contributed by atoms with Gasteiger partial charge in [-0.3, -0.25) is 9.36 Å². The number of ether oxygens (including phenoxy) is 3. The molecule has 0 saturated heterocycles. The van der Waals surface area contributed by atoms with Crippen molar-refractivity contribution in [3.05, 3.63) is 103 Å². The number of hydrogen-bond donors (Lipinski definition) is 0. The number of esters is 1. The first-order valence-corrected chi connectivity index (χ1v) is 12.6. The Morgan fingerprint density at radius 2 is 1.81 bits per heavy atom. The molecule has 36 heavy (non-hydrogen) atoms. The number of rotatable bonds is 9. The zero-order valence-electron chi connectivity index (χ0n) is 20.5. The molecule has 7 nitrogen and oxygen atoms in total. The van der Waals surface area contributed by atoms with E-state index in [1.54, 1.807) is 30.6 Å². The smallest absolute Gasteiger partial charge is 0.338 e. The minimum Gasteiger partial charge on any atom is -0.494 e. The summed E-state index contributed by atoms with van der Waals surface area (Å²) in [7, 11) is 0. The Balaban J connectivity index is 1.96. The molecule has 1 aromatic heterocycles. The van der Waals surface area contributed by atoms with Crippen LogP contribution in [-0.4, -0.2) is 30.4 Å². The Bertz CT molecular complexity index is 1500. The van der Waals surface area contributed by atoms with Gasteiger partial charge in [-0.1, -0.05) is 60.4 Å². The number of benzene rings is 2. The number of para-hydroxylation sites is 2. The minimum absolute atomic E-state index is 0.210. The van der Waals surface area contributed by atoms with E-state index < -0.39 is 12.0 Å². The Labute approximate surface area is 213 Å². The quantitative estimate of drug-likeness (QED) is 0.328. The molecule has 2 aromatic carbocycles. The first-order valence-electron chi connectivity index (χ1n) is 11.7. The second-order valence-electron chi connectivity index (χ2n) is 7.91. The standard InChI is InChI=1S/C28H28N2O5S/c1-5-16-35-21-14-10-8-12-19(21)17-23-26(31)30-25(20-13-9-11-15-22(20)33-6-2)24(27(32)34-7-3)18(4)29-28(30)36-23/h5,8-15,17,25H,1,6-7,16H2,2-4H3/b23-17-/t25-/m0/s1. The van der Waals surface area contributed by atoms with Crippen LogP contribution >= 0.6 is 11.3 Å². The predicted octanol–water partition coefficient (Wildman–Crippen LogP) is 3.76. The summed E-state index contributed by atoms with van der Waals surface area (Å²) in [6.45, 7) is 10.1. The van der Waals surface area contributed by atoms with E-state index in [1.165, 1.54) is 11.3 Å². The highest BCUT2D eigenvalue weighted by Crippen LogP contribution is 2.35. The van der Waals surface area contributed by atoms with Gasteiger partial charge >= 0.3 is 5.97 Å². The van der Waals surface area contributed by atoms with E-state index in [4.69, 9.17) is 14.2 Å². The van der Waals surface area contributed by atoms with Gasteiger partial charge in [0.15, 0.2) is 4.80 Å². The molecule has 0 bridgehead atoms. The van der Waals surface area contributed by atoms with Gasteiger partial charge in [-0.05, 0) is 39.0 Å². The maximum atomic E-state index is 13.8. The van der Waals surface area contributed by atoms with Crippen molar-refractivity contribution in [1.82, 2.24) is 4.57 Å². The molecule has 2 heterocycles. The molecule has 0 aliphatic carbocycles. The van der Waals surface area contributed by atoms with E-state index in [2.05, 4.69) is 11.6 Å². The average Bonchev–Trinajstić information content (AvgIpc) is 3.17. The summed E-state index contributed by atoms with van der Waals surface area (Å²) < 4.78 is 19.0. The van der Waals surface area contributed by atoms with Crippen molar-refractivity contribution in [2.75, 3.05) is 19.8 Å². The second kappa shape index (κ2) is 11.2. The normalized spacial score (nSPS) is 15.2. The molecule has 186 valence electrons. The maximum absolute atomic E-state index is 13.8. The number of thiazole rings is 1. The number of carbonyl (C=O) groups is 1. The molecule has 1 atom stereocenters. The Morgan fingerprint density at radius 1 is 1.08 bits per heavy atom. The lowest BCUT2D eigenvalue weighted by atomic mass is 9.95. The fourth-order valence-electron chi connectivity index (χ4n) is 4.10. The van der Waals surface area contributed by atoms with E-state index in [1.807, 2.05) is 55.5 Å². The van der Waals surface area contributed by atoms with Gasteiger partial charge in [0.25, 0.3) is 5.56 Å². The van der Waals surface area contributed by atoms with Crippen LogP contribution in [-0.2, 0) is 9.53 Å². The number of fused-ring (bicyclic) bond motifs is 1. The van der Waals surface area contributed by atoms with Gasteiger partial charge < -0.3 is 14.2 Å². The SMILES string of the molecule is C=CCOc1ccccc1/C=c1\sc2n(c1=O)[C@@H](c1ccccc1OCC)C(C(=O)OCC)=C(C)N=2. The first-order chi connectivity index (χ1) is 17.5. The van der Waals surface area contributed by atoms with Crippen molar-refractivity contribution >= 4 is 23.4 Å². The van der Waals surface area contributed by atoms with Crippen LogP contribution < -0.4 is 24.4 Å². The van der Waals surface area contributed by atoms with Crippen molar-refractivity contribution in [2.24, 2.45) is 4.99 Å². The fraction of sp³-hybridized carbons (Fsp3) is 0.250. The monoisotopic (exact) mass is 504 g/mol. The lowest BCUT2D eigenvalue weighted by molar-refractivity contribution is -0.139. The van der Waals surface area contributed by atoms with Gasteiger partial charge in [-0.15, -0.1) is 0 Å². The number of aromatic nitrogens is 1. The van der Waals surface area contributed by atoms with Crippen LogP contribution in [0.25, 0.3) is 6.08 Å². The zero-order chi connectivity index (χ0) is 25.7. The van der Waals surface area contributed by atoms with Crippen molar-refractivity contribution in [2.45, 2.75) is 26.8 Å². The summed E-state index contributed by atoms with van der Waals surface area (Å²) in [5.74, 6) is 0.733. The van der Waals surface area contributed by atoms with Crippen molar-refractivity contribution < 1.29 is 19.0 Å². The van der Waals surface area contributed by atoms with Gasteiger partial charge in [0, 0.05) is 11.1 Å². The van der Waals surface area contributed by atoms with Gasteiger partial charge in [0.2, 0.25) is 0 Å². The van der Waals surface area contributed by atoms with E-state index in [9.17, 15) is 9.59 Å². The molecule has 1 aliphatic heterocycles. The summed E-state index contributed by atoms with van der Waals surface area (Å²) >= 11 is 1.26. The fourth-order valence-corrected chi connectivity index (χ4v) is 5.14. The molecule has 8 heteroatoms. The van der Waals surface area contributed by atoms with Crippen molar-refractivity contribution in [3.8, 4) is 11.5 Å². The molecule has 4 rings (SSSR count). The molecular weight excluding hydrogens is 476 g/mol. The Hall–Kier alpha value is -3.91. The zero-order valence-corrected chi connectivity index (χ0v) is 21.3. The van der Waals surface area contributed by atoms with E-state index >= 15 is 0 Å². The summed E-state index contributed by atoms with van der Waals surface area (Å²) in [4.78, 5) is 32.1. The third kappa shape index (κ3) is 4.90. The largest absolute Gasteiger partial charge is 0.494 e. The van der Waals surface area contributed by atoms with E-state index in [-0.39, 0.29) is 12.2 Å². The van der Waals surface area contributed by atoms with Crippen LogP contribution in [0.5, 0.6) is 11.5 Å². The van der Waals surface area contributed by atoms with Gasteiger partial charge in [0.1, 0.15) is 24.1 Å². The van der Waals surface area contributed by atoms with E-state index in [0.717, 1.165) is 5.56 Å². The second-order valence-corrected chi connectivity index (χ2v) is 8.92. The van der Waals surface area contributed by atoms with Crippen LogP contribution in [0.1, 0.15) is 37.9 Å². The molecule has 0 fully saturated rings. The summed E-state index contributed by atoms with van der Waals surface area (Å²) in [5, 5.41) is 0. The molecule has 0 saturated carbocycles. The highest BCUT2D eigenvalue weighted by Gasteiger charge is 2.35. The topological polar surface area (TPSA) is 79.1 Å². The van der Waals surface area contributed by atoms with Gasteiger partial charge in [-0.2, -0.15) is 0 Å². The van der Waals surface area contributed by atoms with Crippen LogP contribution in [0.4, 0.5) is 0 Å². The summed E-state index contributed by atoms with van der Waals surface area (Å²) in [5.41, 5.74) is 2.02. The Morgan fingerprint density at radius 3 is 2.53 bits per heavy atom. The summed E-state index contributed by atoms with van der Waals surface area (Å²) in [6.07, 6.45) is 3.46. The molecule has 0 unspecified atom stereocenters. The third-order valence-corrected chi connectivity index (χ3v) is 6.58. The van der Waals surface area contributed by atoms with Crippen LogP contribution in [0.3, 0.4) is 0 Å². The molecule has 0 radical (unpaired) electrons. The lowest BCUT2D eigenvalue weighted by Crippen LogP contribution is -2.40. The predicted molar refractivity (Wildman–Crippen MR) is 140 cm³/mol. The number of hydrogen-bond acceptors (Lipinski definition) is 7. The molecule has 0 amide bonds. The highest BCUT2D eigenvalue weighted by molar-refractivity contribution is 7.07. The van der Waals surface area contributed by atoms with Gasteiger partial charge in [-0.25, -0.2) is 9.79 Å². The number of nitrogens with zero attached hydrogens (tertiary/aromatic N) is 2. The Kier molecular flexibility index (Phi) is 7.85. The summed E-state index contributed by atoms with van der Waals surface area (Å²) in [6, 6.07) is 14.2. The van der Waals surface area contributed by atoms with E-state index in [0.29, 0.717) is 50.9 Å².